The van der Waals surface area contributed by atoms with Gasteiger partial charge in [-0.15, -0.1) is 0 Å². The van der Waals surface area contributed by atoms with Crippen molar-refractivity contribution < 1.29 is 5.11 Å². The second-order valence-electron chi connectivity index (χ2n) is 4.74. The first-order valence-corrected chi connectivity index (χ1v) is 6.30. The number of nitrogens with one attached hydrogen (secondary N) is 1. The summed E-state index contributed by atoms with van der Waals surface area (Å²) >= 11 is 3.42. The van der Waals surface area contributed by atoms with Crippen molar-refractivity contribution in [3.8, 4) is 0 Å². The van der Waals surface area contributed by atoms with Crippen LogP contribution >= 0.6 is 15.9 Å². The van der Waals surface area contributed by atoms with E-state index in [2.05, 4.69) is 20.8 Å². The molecule has 1 saturated heterocycles. The highest BCUT2D eigenvalue weighted by Crippen LogP contribution is 2.31. The van der Waals surface area contributed by atoms with Gasteiger partial charge in [-0.05, 0) is 31.5 Å². The van der Waals surface area contributed by atoms with Crippen molar-refractivity contribution in [1.82, 2.24) is 0 Å². The van der Waals surface area contributed by atoms with Gasteiger partial charge >= 0.3 is 0 Å². The third kappa shape index (κ3) is 2.61. The monoisotopic (exact) mass is 297 g/mol. The van der Waals surface area contributed by atoms with Crippen LogP contribution in [0.25, 0.3) is 0 Å². The van der Waals surface area contributed by atoms with Gasteiger partial charge in [0, 0.05) is 28.8 Å². The molecule has 1 aromatic rings. The van der Waals surface area contributed by atoms with Gasteiger partial charge in [0.15, 0.2) is 0 Å². The molecule has 2 rings (SSSR count). The first-order chi connectivity index (χ1) is 7.89. The number of hydrogen-bond donors (Lipinski definition) is 3. The van der Waals surface area contributed by atoms with E-state index in [0.717, 1.165) is 23.1 Å². The lowest BCUT2D eigenvalue weighted by molar-refractivity contribution is 0.0839. The Balaban J connectivity index is 2.38. The highest BCUT2D eigenvalue weighted by Gasteiger charge is 2.32. The number of β-amino-alcohol motifs (C(OH)–C–C–N with tert-alkyl or cyclic N) is 1. The molecule has 1 atom stereocenters. The summed E-state index contributed by atoms with van der Waals surface area (Å²) in [6, 6.07) is 5.64. The van der Waals surface area contributed by atoms with Crippen LogP contribution in [0.2, 0.25) is 0 Å². The Kier molecular flexibility index (Phi) is 3.14. The number of nitrogens with zero attached hydrogens (tertiary/aromatic N) is 1. The largest absolute Gasteiger partial charge is 0.388 e. The molecule has 4 nitrogen and oxygen atoms in total. The van der Waals surface area contributed by atoms with Crippen LogP contribution in [0.3, 0.4) is 0 Å². The quantitative estimate of drug-likeness (QED) is 0.574. The fourth-order valence-corrected chi connectivity index (χ4v) is 2.49. The zero-order valence-corrected chi connectivity index (χ0v) is 11.3. The molecule has 17 heavy (non-hydrogen) atoms. The molecule has 1 aliphatic heterocycles. The molecular weight excluding hydrogens is 282 g/mol. The standard InChI is InChI=1S/C12H16BrN3O/c1-12(17)4-5-16(7-12)10-6-8(13)2-3-9(10)11(14)15/h2-3,6,17H,4-5,7H2,1H3,(H3,14,15). The molecule has 5 heteroatoms. The number of aliphatic hydroxyl groups is 1. The van der Waals surface area contributed by atoms with E-state index >= 15 is 0 Å². The van der Waals surface area contributed by atoms with Crippen LogP contribution in [0.1, 0.15) is 18.9 Å². The summed E-state index contributed by atoms with van der Waals surface area (Å²) in [7, 11) is 0. The zero-order valence-electron chi connectivity index (χ0n) is 9.70. The average Bonchev–Trinajstić information content (AvgIpc) is 2.58. The van der Waals surface area contributed by atoms with Gasteiger partial charge in [0.2, 0.25) is 0 Å². The predicted molar refractivity (Wildman–Crippen MR) is 72.6 cm³/mol. The molecular formula is C12H16BrN3O. The van der Waals surface area contributed by atoms with Crippen LogP contribution in [0.15, 0.2) is 22.7 Å². The minimum Gasteiger partial charge on any atom is -0.388 e. The Hall–Kier alpha value is -1.07. The topological polar surface area (TPSA) is 73.3 Å². The van der Waals surface area contributed by atoms with E-state index in [1.165, 1.54) is 0 Å². The summed E-state index contributed by atoms with van der Waals surface area (Å²) in [6.45, 7) is 3.19. The number of nitrogen functional groups attached to an aromatic ring is 1. The Morgan fingerprint density at radius 2 is 2.29 bits per heavy atom. The lowest BCUT2D eigenvalue weighted by atomic mass is 10.1. The number of anilines is 1. The molecule has 0 radical (unpaired) electrons. The van der Waals surface area contributed by atoms with Gasteiger partial charge in [-0.2, -0.15) is 0 Å². The summed E-state index contributed by atoms with van der Waals surface area (Å²) in [5.41, 5.74) is 6.54. The number of nitrogens with two attached hydrogens (primary N) is 1. The number of amidine groups is 1. The first-order valence-electron chi connectivity index (χ1n) is 5.50. The van der Waals surface area contributed by atoms with Gasteiger partial charge in [-0.25, -0.2) is 0 Å². The maximum absolute atomic E-state index is 9.99. The second kappa shape index (κ2) is 4.31. The van der Waals surface area contributed by atoms with Crippen molar-refractivity contribution in [3.05, 3.63) is 28.2 Å². The lowest BCUT2D eigenvalue weighted by Crippen LogP contribution is -2.30. The van der Waals surface area contributed by atoms with Crippen molar-refractivity contribution in [2.24, 2.45) is 5.73 Å². The second-order valence-corrected chi connectivity index (χ2v) is 5.66. The number of halogens is 1. The summed E-state index contributed by atoms with van der Waals surface area (Å²) in [5, 5.41) is 17.6. The first kappa shape index (κ1) is 12.4. The summed E-state index contributed by atoms with van der Waals surface area (Å²) < 4.78 is 0.948. The Morgan fingerprint density at radius 1 is 1.59 bits per heavy atom. The molecule has 1 fully saturated rings. The number of benzene rings is 1. The maximum atomic E-state index is 9.99. The zero-order chi connectivity index (χ0) is 12.6. The lowest BCUT2D eigenvalue weighted by Gasteiger charge is -2.23. The minimum atomic E-state index is -0.656. The third-order valence-electron chi connectivity index (χ3n) is 3.04. The van der Waals surface area contributed by atoms with Gasteiger partial charge < -0.3 is 15.7 Å². The predicted octanol–water partition coefficient (Wildman–Crippen LogP) is 1.69. The van der Waals surface area contributed by atoms with Gasteiger partial charge in [0.1, 0.15) is 5.84 Å². The fraction of sp³-hybridized carbons (Fsp3) is 0.417. The van der Waals surface area contributed by atoms with Crippen LogP contribution in [0, 0.1) is 5.41 Å². The van der Waals surface area contributed by atoms with E-state index in [-0.39, 0.29) is 5.84 Å². The Morgan fingerprint density at radius 3 is 2.82 bits per heavy atom. The van der Waals surface area contributed by atoms with E-state index in [4.69, 9.17) is 11.1 Å². The van der Waals surface area contributed by atoms with E-state index in [1.54, 1.807) is 0 Å². The van der Waals surface area contributed by atoms with Crippen molar-refractivity contribution >= 4 is 27.5 Å². The molecule has 92 valence electrons. The van der Waals surface area contributed by atoms with Crippen molar-refractivity contribution in [2.75, 3.05) is 18.0 Å². The van der Waals surface area contributed by atoms with Gasteiger partial charge in [0.05, 0.1) is 5.60 Å². The molecule has 1 heterocycles. The van der Waals surface area contributed by atoms with Gasteiger partial charge in [-0.3, -0.25) is 5.41 Å². The molecule has 0 aromatic heterocycles. The van der Waals surface area contributed by atoms with E-state index in [1.807, 2.05) is 25.1 Å². The molecule has 1 aliphatic rings. The maximum Gasteiger partial charge on any atom is 0.124 e. The van der Waals surface area contributed by atoms with Crippen LogP contribution in [-0.2, 0) is 0 Å². The van der Waals surface area contributed by atoms with Crippen molar-refractivity contribution in [1.29, 1.82) is 5.41 Å². The molecule has 1 aromatic carbocycles. The van der Waals surface area contributed by atoms with Crippen LogP contribution in [0.5, 0.6) is 0 Å². The molecule has 0 aliphatic carbocycles. The van der Waals surface area contributed by atoms with E-state index in [9.17, 15) is 5.11 Å². The smallest absolute Gasteiger partial charge is 0.124 e. The molecule has 1 unspecified atom stereocenters. The summed E-state index contributed by atoms with van der Waals surface area (Å²) in [4.78, 5) is 2.07. The van der Waals surface area contributed by atoms with Crippen LogP contribution in [-0.4, -0.2) is 29.6 Å². The number of hydrogen-bond acceptors (Lipinski definition) is 3. The van der Waals surface area contributed by atoms with Crippen molar-refractivity contribution in [3.63, 3.8) is 0 Å². The summed E-state index contributed by atoms with van der Waals surface area (Å²) in [5.74, 6) is 0.0547. The normalized spacial score (nSPS) is 24.1. The van der Waals surface area contributed by atoms with E-state index < -0.39 is 5.60 Å². The fourth-order valence-electron chi connectivity index (χ4n) is 2.14. The SMILES string of the molecule is CC1(O)CCN(c2cc(Br)ccc2C(=N)N)C1. The Labute approximate surface area is 109 Å². The van der Waals surface area contributed by atoms with Crippen LogP contribution < -0.4 is 10.6 Å². The van der Waals surface area contributed by atoms with Gasteiger partial charge in [0.25, 0.3) is 0 Å². The molecule has 0 saturated carbocycles. The minimum absolute atomic E-state index is 0.0547. The number of rotatable bonds is 2. The van der Waals surface area contributed by atoms with Gasteiger partial charge in [-0.1, -0.05) is 15.9 Å². The van der Waals surface area contributed by atoms with Crippen molar-refractivity contribution in [2.45, 2.75) is 18.9 Å². The highest BCUT2D eigenvalue weighted by atomic mass is 79.9. The molecule has 0 bridgehead atoms. The van der Waals surface area contributed by atoms with E-state index in [0.29, 0.717) is 12.1 Å². The highest BCUT2D eigenvalue weighted by molar-refractivity contribution is 9.10. The average molecular weight is 298 g/mol. The summed E-state index contributed by atoms with van der Waals surface area (Å²) in [6.07, 6.45) is 0.733. The molecule has 4 N–H and O–H groups in total. The third-order valence-corrected chi connectivity index (χ3v) is 3.54. The Bertz CT molecular complexity index is 459. The molecule has 0 spiro atoms. The van der Waals surface area contributed by atoms with Crippen LogP contribution in [0.4, 0.5) is 5.69 Å². The molecule has 0 amide bonds.